The number of anilines is 1. The first-order valence-electron chi connectivity index (χ1n) is 7.73. The molecule has 136 valence electrons. The number of halogens is 2. The quantitative estimate of drug-likeness (QED) is 0.879. The molecule has 1 aliphatic rings. The van der Waals surface area contributed by atoms with Crippen molar-refractivity contribution in [1.29, 1.82) is 0 Å². The Kier molecular flexibility index (Phi) is 4.45. The molecule has 0 spiro atoms. The van der Waals surface area contributed by atoms with Gasteiger partial charge < -0.3 is 20.1 Å². The number of aromatic nitrogens is 1. The topological polar surface area (TPSA) is 87.5 Å². The summed E-state index contributed by atoms with van der Waals surface area (Å²) >= 11 is 0. The maximum Gasteiger partial charge on any atom is 0.322 e. The molecule has 0 fully saturated rings. The number of rotatable bonds is 3. The number of nitrogens with zero attached hydrogens (tertiary/aromatic N) is 2. The fourth-order valence-electron chi connectivity index (χ4n) is 2.74. The van der Waals surface area contributed by atoms with Crippen LogP contribution in [-0.4, -0.2) is 29.0 Å². The van der Waals surface area contributed by atoms with E-state index in [1.54, 1.807) is 6.92 Å². The summed E-state index contributed by atoms with van der Waals surface area (Å²) in [6, 6.07) is 2.97. The van der Waals surface area contributed by atoms with E-state index >= 15 is 0 Å². The van der Waals surface area contributed by atoms with Gasteiger partial charge in [-0.1, -0.05) is 11.2 Å². The predicted octanol–water partition coefficient (Wildman–Crippen LogP) is 2.87. The molecule has 0 saturated carbocycles. The first-order valence-corrected chi connectivity index (χ1v) is 7.73. The summed E-state index contributed by atoms with van der Waals surface area (Å²) in [5, 5.41) is 8.64. The molecular formula is C17H16F2N4O3. The Morgan fingerprint density at radius 2 is 1.96 bits per heavy atom. The first kappa shape index (κ1) is 17.6. The van der Waals surface area contributed by atoms with Crippen LogP contribution in [0.25, 0.3) is 0 Å². The smallest absolute Gasteiger partial charge is 0.322 e. The zero-order chi connectivity index (χ0) is 19.0. The van der Waals surface area contributed by atoms with Crippen molar-refractivity contribution in [2.24, 2.45) is 0 Å². The van der Waals surface area contributed by atoms with Gasteiger partial charge in [-0.25, -0.2) is 13.6 Å². The zero-order valence-electron chi connectivity index (χ0n) is 14.3. The van der Waals surface area contributed by atoms with Gasteiger partial charge in [0.2, 0.25) is 0 Å². The van der Waals surface area contributed by atoms with Crippen molar-refractivity contribution < 1.29 is 22.9 Å². The highest BCUT2D eigenvalue weighted by Crippen LogP contribution is 2.33. The van der Waals surface area contributed by atoms with Gasteiger partial charge in [-0.15, -0.1) is 0 Å². The van der Waals surface area contributed by atoms with Gasteiger partial charge in [0.15, 0.2) is 5.82 Å². The molecule has 0 radical (unpaired) electrons. The number of carbonyl (C=O) groups is 2. The molecule has 1 aliphatic heterocycles. The molecule has 3 rings (SSSR count). The number of hydrogen-bond donors (Lipinski definition) is 2. The van der Waals surface area contributed by atoms with E-state index in [-0.39, 0.29) is 17.1 Å². The minimum Gasteiger partial charge on any atom is -0.360 e. The lowest BCUT2D eigenvalue weighted by Gasteiger charge is -2.33. The Morgan fingerprint density at radius 3 is 2.54 bits per heavy atom. The Balaban J connectivity index is 2.07. The summed E-state index contributed by atoms with van der Waals surface area (Å²) in [4.78, 5) is 26.1. The van der Waals surface area contributed by atoms with Crippen LogP contribution in [0.4, 0.5) is 19.4 Å². The molecule has 26 heavy (non-hydrogen) atoms. The zero-order valence-corrected chi connectivity index (χ0v) is 14.3. The molecular weight excluding hydrogens is 346 g/mol. The third kappa shape index (κ3) is 3.03. The van der Waals surface area contributed by atoms with Crippen LogP contribution in [0.5, 0.6) is 0 Å². The minimum absolute atomic E-state index is 0.00301. The number of hydrogen-bond acceptors (Lipinski definition) is 4. The summed E-state index contributed by atoms with van der Waals surface area (Å²) in [5.41, 5.74) is -0.148. The number of carbonyl (C=O) groups excluding carboxylic acids is 2. The fourth-order valence-corrected chi connectivity index (χ4v) is 2.74. The van der Waals surface area contributed by atoms with Crippen LogP contribution < -0.4 is 10.6 Å². The van der Waals surface area contributed by atoms with Crippen LogP contribution in [-0.2, 0) is 4.79 Å². The van der Waals surface area contributed by atoms with E-state index in [1.807, 2.05) is 0 Å². The van der Waals surface area contributed by atoms with E-state index in [1.165, 1.54) is 31.0 Å². The van der Waals surface area contributed by atoms with Crippen LogP contribution in [0.3, 0.4) is 0 Å². The van der Waals surface area contributed by atoms with Crippen LogP contribution in [0.1, 0.15) is 24.3 Å². The second-order valence-corrected chi connectivity index (χ2v) is 5.85. The number of amides is 3. The van der Waals surface area contributed by atoms with E-state index in [2.05, 4.69) is 15.8 Å². The average Bonchev–Trinajstić information content (AvgIpc) is 2.97. The molecule has 0 unspecified atom stereocenters. The molecule has 1 atom stereocenters. The average molecular weight is 362 g/mol. The molecule has 2 N–H and O–H groups in total. The molecule has 2 heterocycles. The van der Waals surface area contributed by atoms with E-state index in [0.29, 0.717) is 5.76 Å². The SMILES string of the molecule is CC1=C(C(=O)Nc2cc(C)on2)[C@H](c2c(F)cccc2F)NC(=O)N1C. The van der Waals surface area contributed by atoms with Gasteiger partial charge in [0.25, 0.3) is 5.91 Å². The molecule has 0 saturated heterocycles. The van der Waals surface area contributed by atoms with E-state index in [4.69, 9.17) is 4.52 Å². The molecule has 3 amide bonds. The number of urea groups is 1. The lowest BCUT2D eigenvalue weighted by Crippen LogP contribution is -2.47. The van der Waals surface area contributed by atoms with Gasteiger partial charge in [0, 0.05) is 18.8 Å². The Hall–Kier alpha value is -3.23. The Morgan fingerprint density at radius 1 is 1.31 bits per heavy atom. The van der Waals surface area contributed by atoms with Crippen LogP contribution in [0, 0.1) is 18.6 Å². The van der Waals surface area contributed by atoms with Gasteiger partial charge in [0.1, 0.15) is 17.4 Å². The third-order valence-corrected chi connectivity index (χ3v) is 4.16. The standard InChI is InChI=1S/C17H16F2N4O3/c1-8-7-12(22-26-8)20-16(24)13-9(2)23(3)17(25)21-15(13)14-10(18)5-4-6-11(14)19/h4-7,15H,1-3H3,(H,21,25)(H,20,22,24)/t15-/m1/s1. The van der Waals surface area contributed by atoms with Gasteiger partial charge in [-0.05, 0) is 26.0 Å². The highest BCUT2D eigenvalue weighted by molar-refractivity contribution is 6.06. The molecule has 7 nitrogen and oxygen atoms in total. The number of benzene rings is 1. The van der Waals surface area contributed by atoms with Gasteiger partial charge in [0.05, 0.1) is 17.2 Å². The fraction of sp³-hybridized carbons (Fsp3) is 0.235. The van der Waals surface area contributed by atoms with E-state index in [9.17, 15) is 18.4 Å². The van der Waals surface area contributed by atoms with Crippen molar-refractivity contribution in [2.75, 3.05) is 12.4 Å². The van der Waals surface area contributed by atoms with Gasteiger partial charge in [-0.2, -0.15) is 0 Å². The summed E-state index contributed by atoms with van der Waals surface area (Å²) in [6.45, 7) is 3.17. The molecule has 0 aliphatic carbocycles. The van der Waals surface area contributed by atoms with Crippen molar-refractivity contribution in [3.05, 3.63) is 58.5 Å². The highest BCUT2D eigenvalue weighted by atomic mass is 19.1. The number of nitrogens with one attached hydrogen (secondary N) is 2. The van der Waals surface area contributed by atoms with Crippen molar-refractivity contribution in [3.63, 3.8) is 0 Å². The number of allylic oxidation sites excluding steroid dienone is 1. The summed E-state index contributed by atoms with van der Waals surface area (Å²) in [6.07, 6.45) is 0. The van der Waals surface area contributed by atoms with Crippen molar-refractivity contribution in [2.45, 2.75) is 19.9 Å². The number of aryl methyl sites for hydroxylation is 1. The minimum atomic E-state index is -1.28. The van der Waals surface area contributed by atoms with E-state index < -0.39 is 35.2 Å². The Bertz CT molecular complexity index is 902. The second-order valence-electron chi connectivity index (χ2n) is 5.85. The molecule has 2 aromatic rings. The summed E-state index contributed by atoms with van der Waals surface area (Å²) < 4.78 is 33.4. The molecule has 1 aromatic heterocycles. The first-order chi connectivity index (χ1) is 12.3. The molecule has 1 aromatic carbocycles. The highest BCUT2D eigenvalue weighted by Gasteiger charge is 2.37. The monoisotopic (exact) mass is 362 g/mol. The summed E-state index contributed by atoms with van der Waals surface area (Å²) in [7, 11) is 1.45. The second kappa shape index (κ2) is 6.58. The van der Waals surface area contributed by atoms with Crippen molar-refractivity contribution in [1.82, 2.24) is 15.4 Å². The summed E-state index contributed by atoms with van der Waals surface area (Å²) in [5.74, 6) is -1.75. The normalized spacial score (nSPS) is 17.3. The Labute approximate surface area is 147 Å². The molecule has 9 heteroatoms. The van der Waals surface area contributed by atoms with Crippen LogP contribution >= 0.6 is 0 Å². The lowest BCUT2D eigenvalue weighted by atomic mass is 9.93. The van der Waals surface area contributed by atoms with E-state index in [0.717, 1.165) is 12.1 Å². The van der Waals surface area contributed by atoms with Gasteiger partial charge >= 0.3 is 6.03 Å². The maximum absolute atomic E-state index is 14.3. The third-order valence-electron chi connectivity index (χ3n) is 4.16. The largest absolute Gasteiger partial charge is 0.360 e. The lowest BCUT2D eigenvalue weighted by molar-refractivity contribution is -0.113. The maximum atomic E-state index is 14.3. The molecule has 0 bridgehead atoms. The van der Waals surface area contributed by atoms with Gasteiger partial charge in [-0.3, -0.25) is 4.79 Å². The van der Waals surface area contributed by atoms with Crippen LogP contribution in [0.15, 0.2) is 40.1 Å². The van der Waals surface area contributed by atoms with Crippen molar-refractivity contribution in [3.8, 4) is 0 Å². The predicted molar refractivity (Wildman–Crippen MR) is 88.0 cm³/mol. The van der Waals surface area contributed by atoms with Crippen LogP contribution in [0.2, 0.25) is 0 Å². The van der Waals surface area contributed by atoms with Crippen molar-refractivity contribution >= 4 is 17.8 Å².